The third kappa shape index (κ3) is 7.00. The molecule has 1 amide bonds. The number of amides is 1. The first-order valence-electron chi connectivity index (χ1n) is 13.1. The fourth-order valence-corrected chi connectivity index (χ4v) is 8.65. The number of carbonyl (C=O) groups excluding carboxylic acids is 2. The largest absolute Gasteiger partial charge is 0.464 e. The maximum Gasteiger partial charge on any atom is 0.412 e. The summed E-state index contributed by atoms with van der Waals surface area (Å²) in [6.45, 7) is 11.9. The van der Waals surface area contributed by atoms with Gasteiger partial charge in [0.1, 0.15) is 11.3 Å². The molecule has 0 aromatic rings. The maximum atomic E-state index is 13.4. The first-order chi connectivity index (χ1) is 16.0. The van der Waals surface area contributed by atoms with E-state index in [1.807, 2.05) is 46.4 Å². The molecule has 0 bridgehead atoms. The highest BCUT2D eigenvalue weighted by molar-refractivity contribution is 8.19. The van der Waals surface area contributed by atoms with Gasteiger partial charge in [0.2, 0.25) is 0 Å². The molecule has 0 aromatic heterocycles. The Kier molecular flexibility index (Phi) is 9.57. The zero-order valence-electron chi connectivity index (χ0n) is 22.0. The first kappa shape index (κ1) is 28.0. The minimum atomic E-state index is -0.754. The molecular weight excluding hydrogens is 470 g/mol. The summed E-state index contributed by atoms with van der Waals surface area (Å²) in [7, 11) is 0. The van der Waals surface area contributed by atoms with Gasteiger partial charge in [0, 0.05) is 0 Å². The Morgan fingerprint density at radius 2 is 1.71 bits per heavy atom. The molecule has 2 aliphatic heterocycles. The van der Waals surface area contributed by atoms with Crippen LogP contribution in [0.2, 0.25) is 0 Å². The number of nitrogens with zero attached hydrogens (tertiary/aromatic N) is 1. The molecule has 8 heteroatoms. The van der Waals surface area contributed by atoms with Crippen LogP contribution in [-0.2, 0) is 19.0 Å². The van der Waals surface area contributed by atoms with Gasteiger partial charge in [0.15, 0.2) is 4.08 Å². The van der Waals surface area contributed by atoms with Crippen LogP contribution in [0.15, 0.2) is 0 Å². The summed E-state index contributed by atoms with van der Waals surface area (Å²) in [4.78, 5) is 28.2. The fourth-order valence-electron chi connectivity index (χ4n) is 5.52. The quantitative estimate of drug-likeness (QED) is 0.354. The van der Waals surface area contributed by atoms with Crippen molar-refractivity contribution in [1.29, 1.82) is 0 Å². The summed E-state index contributed by atoms with van der Waals surface area (Å²) in [5.41, 5.74) is -1.32. The van der Waals surface area contributed by atoms with Crippen molar-refractivity contribution in [2.45, 2.75) is 127 Å². The molecule has 0 radical (unpaired) electrons. The average Bonchev–Trinajstić information content (AvgIpc) is 3.02. The van der Waals surface area contributed by atoms with Crippen LogP contribution in [0.1, 0.15) is 99.3 Å². The van der Waals surface area contributed by atoms with E-state index >= 15 is 0 Å². The van der Waals surface area contributed by atoms with Crippen molar-refractivity contribution in [3.05, 3.63) is 0 Å². The van der Waals surface area contributed by atoms with Crippen molar-refractivity contribution < 1.29 is 23.8 Å². The van der Waals surface area contributed by atoms with Crippen LogP contribution < -0.4 is 0 Å². The van der Waals surface area contributed by atoms with E-state index in [2.05, 4.69) is 0 Å². The van der Waals surface area contributed by atoms with Gasteiger partial charge in [-0.1, -0.05) is 32.1 Å². The Balaban J connectivity index is 1.81. The van der Waals surface area contributed by atoms with Gasteiger partial charge in [-0.25, -0.2) is 9.59 Å². The number of hydrogen-bond acceptors (Lipinski definition) is 7. The van der Waals surface area contributed by atoms with Crippen molar-refractivity contribution >= 4 is 35.6 Å². The summed E-state index contributed by atoms with van der Waals surface area (Å²) in [5, 5.41) is 0. The standard InChI is InChI=1S/C26H45NO5S2/c1-7-30-22(28)26(33-16-11-17-34-26)15-14-21-20(18-19-12-9-8-10-13-19)27(25(5,6)31-21)23(29)32-24(2,3)4/h19-21H,7-18H2,1-6H3. The third-order valence-electron chi connectivity index (χ3n) is 6.97. The van der Waals surface area contributed by atoms with Crippen LogP contribution in [0.25, 0.3) is 0 Å². The van der Waals surface area contributed by atoms with Gasteiger partial charge in [-0.15, -0.1) is 23.5 Å². The molecule has 196 valence electrons. The molecule has 2 saturated heterocycles. The van der Waals surface area contributed by atoms with Crippen LogP contribution >= 0.6 is 23.5 Å². The zero-order chi connectivity index (χ0) is 25.0. The number of esters is 1. The summed E-state index contributed by atoms with van der Waals surface area (Å²) >= 11 is 3.44. The monoisotopic (exact) mass is 515 g/mol. The normalized spacial score (nSPS) is 27.4. The predicted octanol–water partition coefficient (Wildman–Crippen LogP) is 6.61. The van der Waals surface area contributed by atoms with Crippen molar-refractivity contribution in [2.75, 3.05) is 18.1 Å². The van der Waals surface area contributed by atoms with Gasteiger partial charge in [0.05, 0.1) is 18.8 Å². The number of thioether (sulfide) groups is 2. The molecule has 2 heterocycles. The number of carbonyl (C=O) groups is 2. The lowest BCUT2D eigenvalue weighted by Crippen LogP contribution is -2.51. The molecule has 1 aliphatic carbocycles. The van der Waals surface area contributed by atoms with Crippen LogP contribution in [0.5, 0.6) is 0 Å². The van der Waals surface area contributed by atoms with Crippen molar-refractivity contribution in [3.8, 4) is 0 Å². The highest BCUT2D eigenvalue weighted by Gasteiger charge is 2.53. The van der Waals surface area contributed by atoms with Crippen LogP contribution in [0.3, 0.4) is 0 Å². The summed E-state index contributed by atoms with van der Waals surface area (Å²) in [6.07, 6.45) is 9.27. The maximum absolute atomic E-state index is 13.4. The highest BCUT2D eigenvalue weighted by Crippen LogP contribution is 2.48. The van der Waals surface area contributed by atoms with Gasteiger partial charge in [-0.05, 0) is 84.6 Å². The smallest absolute Gasteiger partial charge is 0.412 e. The molecule has 2 unspecified atom stereocenters. The molecule has 0 aromatic carbocycles. The summed E-state index contributed by atoms with van der Waals surface area (Å²) < 4.78 is 17.3. The Hall–Kier alpha value is -0.600. The minimum Gasteiger partial charge on any atom is -0.464 e. The minimum absolute atomic E-state index is 0.0502. The molecule has 34 heavy (non-hydrogen) atoms. The Morgan fingerprint density at radius 1 is 1.06 bits per heavy atom. The molecule has 3 rings (SSSR count). The number of hydrogen-bond donors (Lipinski definition) is 0. The fraction of sp³-hybridized carbons (Fsp3) is 0.923. The van der Waals surface area contributed by atoms with E-state index in [0.717, 1.165) is 30.8 Å². The Bertz CT molecular complexity index is 696. The van der Waals surface area contributed by atoms with Crippen LogP contribution in [0.4, 0.5) is 4.79 Å². The number of rotatable bonds is 7. The molecule has 3 fully saturated rings. The predicted molar refractivity (Wildman–Crippen MR) is 140 cm³/mol. The molecule has 0 spiro atoms. The molecular formula is C26H45NO5S2. The van der Waals surface area contributed by atoms with Gasteiger partial charge >= 0.3 is 12.1 Å². The Labute approximate surface area is 215 Å². The second-order valence-electron chi connectivity index (χ2n) is 11.3. The first-order valence-corrected chi connectivity index (χ1v) is 15.1. The lowest BCUT2D eigenvalue weighted by molar-refractivity contribution is -0.143. The van der Waals surface area contributed by atoms with Crippen molar-refractivity contribution in [3.63, 3.8) is 0 Å². The van der Waals surface area contributed by atoms with Crippen molar-refractivity contribution in [1.82, 2.24) is 4.90 Å². The van der Waals surface area contributed by atoms with E-state index in [1.54, 1.807) is 23.5 Å². The van der Waals surface area contributed by atoms with E-state index in [0.29, 0.717) is 18.9 Å². The van der Waals surface area contributed by atoms with Gasteiger partial charge < -0.3 is 14.2 Å². The topological polar surface area (TPSA) is 65.1 Å². The molecule has 6 nitrogen and oxygen atoms in total. The van der Waals surface area contributed by atoms with E-state index in [-0.39, 0.29) is 24.2 Å². The van der Waals surface area contributed by atoms with E-state index in [9.17, 15) is 9.59 Å². The average molecular weight is 516 g/mol. The van der Waals surface area contributed by atoms with Gasteiger partial charge in [0.25, 0.3) is 0 Å². The summed E-state index contributed by atoms with van der Waals surface area (Å²) in [6, 6.07) is -0.0502. The molecule has 1 saturated carbocycles. The molecule has 2 atom stereocenters. The lowest BCUT2D eigenvalue weighted by atomic mass is 9.83. The SMILES string of the molecule is CCOC(=O)C1(CCC2OC(C)(C)N(C(=O)OC(C)(C)C)C2CC2CCCCC2)SCCCS1. The van der Waals surface area contributed by atoms with E-state index < -0.39 is 15.4 Å². The molecule has 3 aliphatic rings. The van der Waals surface area contributed by atoms with Gasteiger partial charge in [-0.2, -0.15) is 0 Å². The Morgan fingerprint density at radius 3 is 2.29 bits per heavy atom. The molecule has 0 N–H and O–H groups in total. The van der Waals surface area contributed by atoms with Crippen LogP contribution in [-0.4, -0.2) is 62.6 Å². The van der Waals surface area contributed by atoms with E-state index in [1.165, 1.54) is 32.1 Å². The van der Waals surface area contributed by atoms with Gasteiger partial charge in [-0.3, -0.25) is 4.90 Å². The van der Waals surface area contributed by atoms with Crippen molar-refractivity contribution in [2.24, 2.45) is 5.92 Å². The number of ether oxygens (including phenoxy) is 3. The van der Waals surface area contributed by atoms with Crippen LogP contribution in [0, 0.1) is 5.92 Å². The zero-order valence-corrected chi connectivity index (χ0v) is 23.7. The second-order valence-corrected chi connectivity index (χ2v) is 14.4. The van der Waals surface area contributed by atoms with E-state index in [4.69, 9.17) is 14.2 Å². The third-order valence-corrected chi connectivity index (χ3v) is 10.3. The summed E-state index contributed by atoms with van der Waals surface area (Å²) in [5.74, 6) is 2.42. The lowest BCUT2D eigenvalue weighted by Gasteiger charge is -2.37. The highest BCUT2D eigenvalue weighted by atomic mass is 32.2. The second kappa shape index (κ2) is 11.6.